The lowest BCUT2D eigenvalue weighted by atomic mass is 10.1. The Labute approximate surface area is 106 Å². The number of phenolic OH excluding ortho intramolecular Hbond substituents is 1. The minimum Gasteiger partial charge on any atom is -0.508 e. The fourth-order valence-electron chi connectivity index (χ4n) is 1.22. The van der Waals surface area contributed by atoms with Crippen LogP contribution in [0.2, 0.25) is 0 Å². The molecule has 1 aromatic rings. The first-order chi connectivity index (χ1) is 8.11. The van der Waals surface area contributed by atoms with Gasteiger partial charge in [-0.1, -0.05) is 12.1 Å². The van der Waals surface area contributed by atoms with Gasteiger partial charge in [0.05, 0.1) is 0 Å². The van der Waals surface area contributed by atoms with Crippen LogP contribution in [0.5, 0.6) is 5.75 Å². The van der Waals surface area contributed by atoms with Gasteiger partial charge in [-0.3, -0.25) is 10.9 Å². The molecule has 0 aromatic heterocycles. The second kappa shape index (κ2) is 6.82. The summed E-state index contributed by atoms with van der Waals surface area (Å²) >= 11 is 4.78. The maximum Gasteiger partial charge on any atom is 0.201 e. The Balaban J connectivity index is 2.39. The Morgan fingerprint density at radius 1 is 1.41 bits per heavy atom. The zero-order valence-corrected chi connectivity index (χ0v) is 10.4. The number of hydrazone groups is 1. The molecule has 6 heteroatoms. The van der Waals surface area contributed by atoms with Gasteiger partial charge in [-0.2, -0.15) is 5.10 Å². The summed E-state index contributed by atoms with van der Waals surface area (Å²) in [5, 5.41) is 13.5. The summed E-state index contributed by atoms with van der Waals surface area (Å²) in [7, 11) is 0. The SMILES string of the molecule is C/C(CCc1ccc(O)cc1)=N\NC(=S)NN. The standard InChI is InChI=1S/C11H16N4OS/c1-8(14-15-11(17)13-12)2-3-9-4-6-10(16)7-5-9/h4-7,16H,2-3,12H2,1H3,(H2,13,15,17)/b14-8+. The summed E-state index contributed by atoms with van der Waals surface area (Å²) < 4.78 is 0. The number of hydrogen-bond acceptors (Lipinski definition) is 4. The van der Waals surface area contributed by atoms with E-state index in [2.05, 4.69) is 16.0 Å². The van der Waals surface area contributed by atoms with Gasteiger partial charge < -0.3 is 5.11 Å². The number of benzene rings is 1. The lowest BCUT2D eigenvalue weighted by molar-refractivity contribution is 0.475. The highest BCUT2D eigenvalue weighted by Gasteiger charge is 1.97. The molecule has 17 heavy (non-hydrogen) atoms. The van der Waals surface area contributed by atoms with Crippen molar-refractivity contribution < 1.29 is 5.11 Å². The van der Waals surface area contributed by atoms with Gasteiger partial charge in [-0.05, 0) is 49.7 Å². The number of hydrazine groups is 1. The first-order valence-corrected chi connectivity index (χ1v) is 5.60. The molecule has 0 heterocycles. The van der Waals surface area contributed by atoms with Gasteiger partial charge in [0.25, 0.3) is 0 Å². The maximum absolute atomic E-state index is 9.14. The van der Waals surface area contributed by atoms with Gasteiger partial charge in [0, 0.05) is 5.71 Å². The lowest BCUT2D eigenvalue weighted by Crippen LogP contribution is -2.37. The monoisotopic (exact) mass is 252 g/mol. The summed E-state index contributed by atoms with van der Waals surface area (Å²) in [6.07, 6.45) is 1.67. The summed E-state index contributed by atoms with van der Waals surface area (Å²) in [5.41, 5.74) is 6.98. The van der Waals surface area contributed by atoms with Crippen molar-refractivity contribution >= 4 is 23.0 Å². The van der Waals surface area contributed by atoms with Crippen LogP contribution < -0.4 is 16.7 Å². The van der Waals surface area contributed by atoms with Crippen LogP contribution in [-0.2, 0) is 6.42 Å². The Morgan fingerprint density at radius 2 is 2.06 bits per heavy atom. The third kappa shape index (κ3) is 5.28. The van der Waals surface area contributed by atoms with E-state index in [9.17, 15) is 0 Å². The van der Waals surface area contributed by atoms with Crippen molar-refractivity contribution in [3.63, 3.8) is 0 Å². The number of nitrogens with one attached hydrogen (secondary N) is 2. The zero-order valence-electron chi connectivity index (χ0n) is 9.60. The molecule has 0 saturated carbocycles. The van der Waals surface area contributed by atoms with Crippen molar-refractivity contribution in [3.05, 3.63) is 29.8 Å². The number of thiocarbonyl (C=S) groups is 1. The molecule has 5 nitrogen and oxygen atoms in total. The average molecular weight is 252 g/mol. The summed E-state index contributed by atoms with van der Waals surface area (Å²) in [6, 6.07) is 7.13. The largest absolute Gasteiger partial charge is 0.508 e. The van der Waals surface area contributed by atoms with Crippen LogP contribution in [0.4, 0.5) is 0 Å². The number of rotatable bonds is 4. The molecule has 0 aliphatic carbocycles. The normalized spacial score (nSPS) is 11.1. The molecule has 0 unspecified atom stereocenters. The van der Waals surface area contributed by atoms with E-state index in [0.29, 0.717) is 0 Å². The lowest BCUT2D eigenvalue weighted by Gasteiger charge is -2.04. The third-order valence-corrected chi connectivity index (χ3v) is 2.40. The van der Waals surface area contributed by atoms with E-state index >= 15 is 0 Å². The number of nitrogens with zero attached hydrogens (tertiary/aromatic N) is 1. The fourth-order valence-corrected chi connectivity index (χ4v) is 1.27. The summed E-state index contributed by atoms with van der Waals surface area (Å²) in [5.74, 6) is 5.37. The zero-order chi connectivity index (χ0) is 12.7. The van der Waals surface area contributed by atoms with Crippen LogP contribution in [0, 0.1) is 0 Å². The first kappa shape index (κ1) is 13.4. The molecule has 0 radical (unpaired) electrons. The summed E-state index contributed by atoms with van der Waals surface area (Å²) in [4.78, 5) is 0. The molecule has 0 amide bonds. The molecule has 0 bridgehead atoms. The molecule has 0 fully saturated rings. The summed E-state index contributed by atoms with van der Waals surface area (Å²) in [6.45, 7) is 1.91. The van der Waals surface area contributed by atoms with Crippen LogP contribution in [0.1, 0.15) is 18.9 Å². The molecule has 0 aliphatic rings. The van der Waals surface area contributed by atoms with E-state index in [-0.39, 0.29) is 10.9 Å². The van der Waals surface area contributed by atoms with Crippen molar-refractivity contribution in [2.45, 2.75) is 19.8 Å². The number of phenols is 1. The van der Waals surface area contributed by atoms with Crippen LogP contribution in [0.15, 0.2) is 29.4 Å². The second-order valence-electron chi connectivity index (χ2n) is 3.60. The van der Waals surface area contributed by atoms with Gasteiger partial charge in [0.1, 0.15) is 5.75 Å². The molecule has 0 atom stereocenters. The van der Waals surface area contributed by atoms with Crippen LogP contribution in [0.3, 0.4) is 0 Å². The van der Waals surface area contributed by atoms with E-state index in [1.807, 2.05) is 19.1 Å². The first-order valence-electron chi connectivity index (χ1n) is 5.19. The Hall–Kier alpha value is -1.66. The van der Waals surface area contributed by atoms with Crippen LogP contribution >= 0.6 is 12.2 Å². The minimum absolute atomic E-state index is 0.278. The van der Waals surface area contributed by atoms with Gasteiger partial charge in [-0.15, -0.1) is 0 Å². The van der Waals surface area contributed by atoms with Crippen LogP contribution in [-0.4, -0.2) is 15.9 Å². The van der Waals surface area contributed by atoms with E-state index < -0.39 is 0 Å². The molecule has 0 aliphatic heterocycles. The fraction of sp³-hybridized carbons (Fsp3) is 0.273. The highest BCUT2D eigenvalue weighted by atomic mass is 32.1. The molecule has 1 rings (SSSR count). The topological polar surface area (TPSA) is 82.7 Å². The van der Waals surface area contributed by atoms with Crippen molar-refractivity contribution in [2.24, 2.45) is 10.9 Å². The molecule has 0 spiro atoms. The predicted octanol–water partition coefficient (Wildman–Crippen LogP) is 1.04. The van der Waals surface area contributed by atoms with Crippen molar-refractivity contribution in [3.8, 4) is 5.75 Å². The molecule has 1 aromatic carbocycles. The van der Waals surface area contributed by atoms with Gasteiger partial charge in [0.2, 0.25) is 5.11 Å². The molecular formula is C11H16N4OS. The average Bonchev–Trinajstić information content (AvgIpc) is 2.35. The number of aromatic hydroxyl groups is 1. The third-order valence-electron chi connectivity index (χ3n) is 2.19. The quantitative estimate of drug-likeness (QED) is 0.278. The van der Waals surface area contributed by atoms with E-state index in [1.54, 1.807) is 12.1 Å². The van der Waals surface area contributed by atoms with E-state index in [1.165, 1.54) is 0 Å². The smallest absolute Gasteiger partial charge is 0.201 e. The van der Waals surface area contributed by atoms with E-state index in [4.69, 9.17) is 23.2 Å². The van der Waals surface area contributed by atoms with Crippen molar-refractivity contribution in [1.29, 1.82) is 0 Å². The number of hydrogen-bond donors (Lipinski definition) is 4. The van der Waals surface area contributed by atoms with E-state index in [0.717, 1.165) is 24.1 Å². The Morgan fingerprint density at radius 3 is 2.65 bits per heavy atom. The van der Waals surface area contributed by atoms with Gasteiger partial charge in [-0.25, -0.2) is 5.84 Å². The highest BCUT2D eigenvalue weighted by molar-refractivity contribution is 7.80. The second-order valence-corrected chi connectivity index (χ2v) is 4.01. The predicted molar refractivity (Wildman–Crippen MR) is 72.6 cm³/mol. The molecule has 92 valence electrons. The Kier molecular flexibility index (Phi) is 5.38. The molecule has 5 N–H and O–H groups in total. The molecular weight excluding hydrogens is 236 g/mol. The Bertz CT molecular complexity index is 402. The van der Waals surface area contributed by atoms with Gasteiger partial charge >= 0.3 is 0 Å². The van der Waals surface area contributed by atoms with Crippen molar-refractivity contribution in [2.75, 3.05) is 0 Å². The van der Waals surface area contributed by atoms with Crippen molar-refractivity contribution in [1.82, 2.24) is 10.9 Å². The minimum atomic E-state index is 0.278. The van der Waals surface area contributed by atoms with Gasteiger partial charge in [0.15, 0.2) is 0 Å². The molecule has 0 saturated heterocycles. The van der Waals surface area contributed by atoms with Crippen LogP contribution in [0.25, 0.3) is 0 Å². The number of nitrogens with two attached hydrogens (primary N) is 1. The number of aryl methyl sites for hydroxylation is 1. The highest BCUT2D eigenvalue weighted by Crippen LogP contribution is 2.11. The maximum atomic E-state index is 9.14.